The summed E-state index contributed by atoms with van der Waals surface area (Å²) in [5.41, 5.74) is 5.87. The van der Waals surface area contributed by atoms with Gasteiger partial charge in [-0.3, -0.25) is 4.90 Å². The summed E-state index contributed by atoms with van der Waals surface area (Å²) in [7, 11) is 0. The fraction of sp³-hybridized carbons (Fsp3) is 0.769. The van der Waals surface area contributed by atoms with Gasteiger partial charge in [-0.05, 0) is 32.9 Å². The summed E-state index contributed by atoms with van der Waals surface area (Å²) >= 11 is 1.67. The van der Waals surface area contributed by atoms with Crippen LogP contribution in [-0.2, 0) is 6.54 Å². The number of nitrogens with two attached hydrogens (primary N) is 1. The number of piperidine rings is 1. The lowest BCUT2D eigenvalue weighted by molar-refractivity contribution is 0.200. The van der Waals surface area contributed by atoms with Crippen molar-refractivity contribution in [3.8, 4) is 0 Å². The molecule has 0 saturated carbocycles. The normalized spacial score (nSPS) is 20.1. The van der Waals surface area contributed by atoms with Crippen LogP contribution in [0.5, 0.6) is 0 Å². The first kappa shape index (κ1) is 16.1. The molecule has 0 bridgehead atoms. The van der Waals surface area contributed by atoms with Crippen molar-refractivity contribution >= 4 is 17.6 Å². The molecule has 118 valence electrons. The smallest absolute Gasteiger partial charge is 0.155 e. The van der Waals surface area contributed by atoms with Crippen molar-refractivity contribution in [3.05, 3.63) is 12.2 Å². The molecule has 0 atom stereocenters. The van der Waals surface area contributed by atoms with Crippen molar-refractivity contribution in [3.63, 3.8) is 0 Å². The van der Waals surface area contributed by atoms with Crippen LogP contribution in [0.3, 0.4) is 0 Å². The number of likely N-dealkylation sites (tertiary alicyclic amines) is 1. The summed E-state index contributed by atoms with van der Waals surface area (Å²) in [6, 6.07) is 0.315. The van der Waals surface area contributed by atoms with Crippen LogP contribution in [0.1, 0.15) is 38.6 Å². The molecule has 8 heteroatoms. The summed E-state index contributed by atoms with van der Waals surface area (Å²) in [5.74, 6) is 1.32. The van der Waals surface area contributed by atoms with Crippen molar-refractivity contribution in [2.45, 2.75) is 44.0 Å². The Morgan fingerprint density at radius 1 is 1.52 bits per heavy atom. The zero-order chi connectivity index (χ0) is 15.5. The van der Waals surface area contributed by atoms with E-state index >= 15 is 0 Å². The third-order valence-corrected chi connectivity index (χ3v) is 5.53. The minimum absolute atomic E-state index is 0.239. The molecule has 1 aliphatic rings. The van der Waals surface area contributed by atoms with Crippen LogP contribution in [0, 0.1) is 0 Å². The van der Waals surface area contributed by atoms with Gasteiger partial charge in [0, 0.05) is 19.1 Å². The molecule has 2 rings (SSSR count). The zero-order valence-electron chi connectivity index (χ0n) is 12.9. The lowest BCUT2D eigenvalue weighted by Gasteiger charge is -2.39. The maximum Gasteiger partial charge on any atom is 0.155 e. The predicted molar refractivity (Wildman–Crippen MR) is 84.6 cm³/mol. The van der Waals surface area contributed by atoms with Gasteiger partial charge in [0.25, 0.3) is 0 Å². The number of thioether (sulfide) groups is 1. The zero-order valence-corrected chi connectivity index (χ0v) is 13.7. The second kappa shape index (κ2) is 6.65. The highest BCUT2D eigenvalue weighted by molar-refractivity contribution is 8.00. The van der Waals surface area contributed by atoms with E-state index < -0.39 is 0 Å². The standard InChI is InChI=1S/C13H24N6OS/c1-10(2)19-11(15-9-16-19)8-18-6-4-13(21-3,5-7-18)12(14)17-20/h9-10,20H,4-8H2,1-3H3,(H2,14,17). The molecule has 0 radical (unpaired) electrons. The monoisotopic (exact) mass is 312 g/mol. The summed E-state index contributed by atoms with van der Waals surface area (Å²) in [4.78, 5) is 6.71. The van der Waals surface area contributed by atoms with Crippen LogP contribution in [0.25, 0.3) is 0 Å². The first-order valence-electron chi connectivity index (χ1n) is 7.16. The van der Waals surface area contributed by atoms with Gasteiger partial charge in [-0.15, -0.1) is 0 Å². The topological polar surface area (TPSA) is 92.6 Å². The molecule has 0 spiro atoms. The number of amidine groups is 1. The Bertz CT molecular complexity index is 493. The quantitative estimate of drug-likeness (QED) is 0.368. The van der Waals surface area contributed by atoms with Gasteiger partial charge in [-0.25, -0.2) is 9.67 Å². The number of rotatable bonds is 5. The molecule has 21 heavy (non-hydrogen) atoms. The first-order valence-corrected chi connectivity index (χ1v) is 8.39. The summed E-state index contributed by atoms with van der Waals surface area (Å²) in [6.07, 6.45) is 5.38. The van der Waals surface area contributed by atoms with E-state index in [0.29, 0.717) is 11.9 Å². The molecule has 1 fully saturated rings. The highest BCUT2D eigenvalue weighted by Crippen LogP contribution is 2.35. The molecule has 2 heterocycles. The lowest BCUT2D eigenvalue weighted by atomic mass is 9.94. The molecule has 0 aromatic carbocycles. The van der Waals surface area contributed by atoms with E-state index in [1.807, 2.05) is 10.9 Å². The second-order valence-electron chi connectivity index (χ2n) is 5.67. The average molecular weight is 312 g/mol. The van der Waals surface area contributed by atoms with Crippen molar-refractivity contribution in [1.29, 1.82) is 0 Å². The Morgan fingerprint density at radius 2 is 2.19 bits per heavy atom. The molecule has 1 aromatic rings. The summed E-state index contributed by atoms with van der Waals surface area (Å²) in [5, 5.41) is 16.5. The summed E-state index contributed by atoms with van der Waals surface area (Å²) < 4.78 is 1.72. The summed E-state index contributed by atoms with van der Waals surface area (Å²) in [6.45, 7) is 6.81. The van der Waals surface area contributed by atoms with Gasteiger partial charge in [0.15, 0.2) is 5.84 Å². The first-order chi connectivity index (χ1) is 10.0. The number of hydrogen-bond donors (Lipinski definition) is 2. The van der Waals surface area contributed by atoms with Gasteiger partial charge in [0.2, 0.25) is 0 Å². The van der Waals surface area contributed by atoms with Crippen LogP contribution in [0.15, 0.2) is 11.5 Å². The predicted octanol–water partition coefficient (Wildman–Crippen LogP) is 1.30. The Kier molecular flexibility index (Phi) is 5.10. The third kappa shape index (κ3) is 3.32. The molecule has 3 N–H and O–H groups in total. The molecule has 7 nitrogen and oxygen atoms in total. The van der Waals surface area contributed by atoms with Gasteiger partial charge in [0.1, 0.15) is 12.2 Å². The highest BCUT2D eigenvalue weighted by Gasteiger charge is 2.38. The van der Waals surface area contributed by atoms with Gasteiger partial charge in [-0.2, -0.15) is 16.9 Å². The van der Waals surface area contributed by atoms with Gasteiger partial charge < -0.3 is 10.9 Å². The van der Waals surface area contributed by atoms with Crippen LogP contribution in [-0.4, -0.2) is 54.8 Å². The average Bonchev–Trinajstić information content (AvgIpc) is 2.96. The van der Waals surface area contributed by atoms with Crippen molar-refractivity contribution in [1.82, 2.24) is 19.7 Å². The van der Waals surface area contributed by atoms with Crippen LogP contribution in [0.2, 0.25) is 0 Å². The molecule has 0 amide bonds. The van der Waals surface area contributed by atoms with Crippen molar-refractivity contribution in [2.24, 2.45) is 10.9 Å². The molecular weight excluding hydrogens is 288 g/mol. The SMILES string of the molecule is CSC1(C(N)=NO)CCN(Cc2ncnn2C(C)C)CC1. The van der Waals surface area contributed by atoms with Crippen LogP contribution < -0.4 is 5.73 Å². The largest absolute Gasteiger partial charge is 0.409 e. The van der Waals surface area contributed by atoms with Crippen LogP contribution in [0.4, 0.5) is 0 Å². The Hall–Kier alpha value is -1.28. The molecule has 0 aliphatic carbocycles. The molecule has 0 unspecified atom stereocenters. The molecule has 1 saturated heterocycles. The minimum atomic E-state index is -0.239. The lowest BCUT2D eigenvalue weighted by Crippen LogP contribution is -2.50. The Morgan fingerprint density at radius 3 is 2.71 bits per heavy atom. The number of oxime groups is 1. The molecular formula is C13H24N6OS. The fourth-order valence-electron chi connectivity index (χ4n) is 2.75. The van der Waals surface area contributed by atoms with E-state index in [0.717, 1.165) is 38.3 Å². The number of aromatic nitrogens is 3. The van der Waals surface area contributed by atoms with Crippen LogP contribution >= 0.6 is 11.8 Å². The third-order valence-electron chi connectivity index (χ3n) is 4.13. The van der Waals surface area contributed by atoms with E-state index in [2.05, 4.69) is 34.0 Å². The van der Waals surface area contributed by atoms with Gasteiger partial charge in [0.05, 0.1) is 11.3 Å². The van der Waals surface area contributed by atoms with Crippen molar-refractivity contribution < 1.29 is 5.21 Å². The van der Waals surface area contributed by atoms with Crippen molar-refractivity contribution in [2.75, 3.05) is 19.3 Å². The van der Waals surface area contributed by atoms with E-state index in [9.17, 15) is 0 Å². The maximum absolute atomic E-state index is 8.97. The van der Waals surface area contributed by atoms with E-state index in [1.165, 1.54) is 0 Å². The highest BCUT2D eigenvalue weighted by atomic mass is 32.2. The van der Waals surface area contributed by atoms with E-state index in [4.69, 9.17) is 10.9 Å². The maximum atomic E-state index is 8.97. The molecule has 1 aliphatic heterocycles. The Labute approximate surface area is 129 Å². The Balaban J connectivity index is 2.00. The number of hydrogen-bond acceptors (Lipinski definition) is 6. The van der Waals surface area contributed by atoms with Gasteiger partial charge in [-0.1, -0.05) is 5.16 Å². The number of nitrogens with zero attached hydrogens (tertiary/aromatic N) is 5. The van der Waals surface area contributed by atoms with Gasteiger partial charge >= 0.3 is 0 Å². The minimum Gasteiger partial charge on any atom is -0.409 e. The molecule has 1 aromatic heterocycles. The van der Waals surface area contributed by atoms with E-state index in [-0.39, 0.29) is 4.75 Å². The van der Waals surface area contributed by atoms with E-state index in [1.54, 1.807) is 18.1 Å². The second-order valence-corrected chi connectivity index (χ2v) is 6.86. The fourth-order valence-corrected chi connectivity index (χ4v) is 3.59.